The Bertz CT molecular complexity index is 165. The van der Waals surface area contributed by atoms with Crippen LogP contribution in [0.5, 0.6) is 0 Å². The summed E-state index contributed by atoms with van der Waals surface area (Å²) in [5.41, 5.74) is 5.62. The molecular weight excluding hydrogens is 230 g/mol. The minimum absolute atomic E-state index is 0.882. The topological polar surface area (TPSA) is 26.0 Å². The lowest BCUT2D eigenvalue weighted by atomic mass is 9.89. The summed E-state index contributed by atoms with van der Waals surface area (Å²) in [7, 11) is 0. The Labute approximate surface area is 121 Å². The Hall–Kier alpha value is -0.0400. The van der Waals surface area contributed by atoms with E-state index in [0.29, 0.717) is 0 Å². The van der Waals surface area contributed by atoms with Gasteiger partial charge >= 0.3 is 0 Å². The van der Waals surface area contributed by atoms with E-state index in [9.17, 15) is 0 Å². The minimum atomic E-state index is 0.882. The molecule has 1 rings (SSSR count). The molecule has 0 aromatic heterocycles. The normalized spacial score (nSPS) is 21.9. The van der Waals surface area contributed by atoms with Gasteiger partial charge < -0.3 is 5.73 Å². The molecule has 1 aliphatic carbocycles. The maximum absolute atomic E-state index is 5.62. The third-order valence-corrected chi connectivity index (χ3v) is 4.79. The molecule has 1 nitrogen and oxygen atoms in total. The van der Waals surface area contributed by atoms with Crippen LogP contribution in [0.4, 0.5) is 0 Å². The van der Waals surface area contributed by atoms with Gasteiger partial charge in [0.25, 0.3) is 0 Å². The summed E-state index contributed by atoms with van der Waals surface area (Å²) in [4.78, 5) is 0. The molecule has 19 heavy (non-hydrogen) atoms. The Morgan fingerprint density at radius 3 is 1.42 bits per heavy atom. The minimum Gasteiger partial charge on any atom is -0.330 e. The van der Waals surface area contributed by atoms with E-state index in [1.807, 2.05) is 0 Å². The van der Waals surface area contributed by atoms with Gasteiger partial charge in [-0.05, 0) is 18.9 Å². The van der Waals surface area contributed by atoms with Crippen LogP contribution in [0.1, 0.15) is 103 Å². The highest BCUT2D eigenvalue weighted by Crippen LogP contribution is 2.24. The lowest BCUT2D eigenvalue weighted by molar-refractivity contribution is 0.366. The zero-order chi connectivity index (χ0) is 13.6. The van der Waals surface area contributed by atoms with Crippen molar-refractivity contribution in [1.82, 2.24) is 0 Å². The molecule has 0 bridgehead atoms. The smallest absolute Gasteiger partial charge is 0.00773 e. The molecule has 0 aromatic carbocycles. The highest BCUT2D eigenvalue weighted by atomic mass is 14.5. The lowest BCUT2D eigenvalue weighted by Gasteiger charge is -2.17. The van der Waals surface area contributed by atoms with Crippen LogP contribution < -0.4 is 5.73 Å². The number of rotatable bonds is 4. The molecule has 0 amide bonds. The van der Waals surface area contributed by atoms with E-state index in [4.69, 9.17) is 5.73 Å². The van der Waals surface area contributed by atoms with Gasteiger partial charge in [-0.1, -0.05) is 96.3 Å². The molecule has 1 aliphatic rings. The molecule has 0 unspecified atom stereocenters. The molecular formula is C18H37N. The van der Waals surface area contributed by atoms with Crippen molar-refractivity contribution in [1.29, 1.82) is 0 Å². The average Bonchev–Trinajstić information content (AvgIpc) is 2.43. The summed E-state index contributed by atoms with van der Waals surface area (Å²) in [5, 5.41) is 0. The Balaban J connectivity index is 2.19. The molecule has 0 aliphatic heterocycles. The quantitative estimate of drug-likeness (QED) is 0.638. The summed E-state index contributed by atoms with van der Waals surface area (Å²) in [6.45, 7) is 0.882. The van der Waals surface area contributed by atoms with E-state index in [0.717, 1.165) is 12.5 Å². The number of nitrogens with two attached hydrogens (primary N) is 1. The maximum Gasteiger partial charge on any atom is -0.00773 e. The van der Waals surface area contributed by atoms with Crippen LogP contribution >= 0.6 is 0 Å². The number of hydrogen-bond acceptors (Lipinski definition) is 1. The fraction of sp³-hybridized carbons (Fsp3) is 1.00. The predicted molar refractivity (Wildman–Crippen MR) is 86.4 cm³/mol. The highest BCUT2D eigenvalue weighted by molar-refractivity contribution is 4.62. The van der Waals surface area contributed by atoms with Crippen LogP contribution in [0.15, 0.2) is 0 Å². The molecule has 0 aromatic rings. The summed E-state index contributed by atoms with van der Waals surface area (Å²) in [6, 6.07) is 0. The largest absolute Gasteiger partial charge is 0.330 e. The van der Waals surface area contributed by atoms with Crippen molar-refractivity contribution in [2.24, 2.45) is 11.7 Å². The van der Waals surface area contributed by atoms with E-state index in [-0.39, 0.29) is 0 Å². The maximum atomic E-state index is 5.62. The van der Waals surface area contributed by atoms with Gasteiger partial charge in [0.1, 0.15) is 0 Å². The van der Waals surface area contributed by atoms with Crippen molar-refractivity contribution < 1.29 is 0 Å². The zero-order valence-corrected chi connectivity index (χ0v) is 13.2. The summed E-state index contributed by atoms with van der Waals surface area (Å²) in [6.07, 6.45) is 23.3. The van der Waals surface area contributed by atoms with Crippen molar-refractivity contribution in [3.63, 3.8) is 0 Å². The van der Waals surface area contributed by atoms with E-state index in [2.05, 4.69) is 0 Å². The highest BCUT2D eigenvalue weighted by Gasteiger charge is 2.08. The van der Waals surface area contributed by atoms with Gasteiger partial charge in [-0.2, -0.15) is 0 Å². The molecule has 0 saturated heterocycles. The molecule has 0 atom stereocenters. The third kappa shape index (κ3) is 10.4. The van der Waals surface area contributed by atoms with Crippen molar-refractivity contribution in [2.75, 3.05) is 6.54 Å². The molecule has 0 spiro atoms. The van der Waals surface area contributed by atoms with Crippen LogP contribution in [-0.2, 0) is 0 Å². The van der Waals surface area contributed by atoms with E-state index in [1.165, 1.54) is 103 Å². The molecule has 1 heteroatoms. The van der Waals surface area contributed by atoms with Gasteiger partial charge in [0.05, 0.1) is 0 Å². The van der Waals surface area contributed by atoms with Gasteiger partial charge in [-0.15, -0.1) is 0 Å². The van der Waals surface area contributed by atoms with Gasteiger partial charge in [0.15, 0.2) is 0 Å². The fourth-order valence-corrected chi connectivity index (χ4v) is 3.47. The number of hydrogen-bond donors (Lipinski definition) is 1. The second-order valence-corrected chi connectivity index (χ2v) is 6.62. The predicted octanol–water partition coefficient (Wildman–Crippen LogP) is 5.82. The third-order valence-electron chi connectivity index (χ3n) is 4.79. The van der Waals surface area contributed by atoms with Crippen LogP contribution in [0.3, 0.4) is 0 Å². The average molecular weight is 268 g/mol. The van der Waals surface area contributed by atoms with Gasteiger partial charge in [0, 0.05) is 0 Å². The monoisotopic (exact) mass is 267 g/mol. The van der Waals surface area contributed by atoms with Crippen LogP contribution in [-0.4, -0.2) is 6.54 Å². The lowest BCUT2D eigenvalue weighted by Crippen LogP contribution is -2.04. The standard InChI is InChI=1S/C18H37N/c19-17-13-12-16-18-14-10-8-6-4-2-1-3-5-7-9-11-15-18/h18H,1-17,19H2. The van der Waals surface area contributed by atoms with Gasteiger partial charge in [0.2, 0.25) is 0 Å². The van der Waals surface area contributed by atoms with Crippen LogP contribution in [0, 0.1) is 5.92 Å². The van der Waals surface area contributed by atoms with Crippen molar-refractivity contribution >= 4 is 0 Å². The van der Waals surface area contributed by atoms with Crippen molar-refractivity contribution in [3.8, 4) is 0 Å². The second kappa shape index (κ2) is 13.0. The fourth-order valence-electron chi connectivity index (χ4n) is 3.47. The Morgan fingerprint density at radius 1 is 0.579 bits per heavy atom. The molecule has 0 heterocycles. The summed E-state index contributed by atoms with van der Waals surface area (Å²) >= 11 is 0. The van der Waals surface area contributed by atoms with Crippen LogP contribution in [0.2, 0.25) is 0 Å². The van der Waals surface area contributed by atoms with E-state index >= 15 is 0 Å². The molecule has 114 valence electrons. The first-order valence-electron chi connectivity index (χ1n) is 9.13. The Morgan fingerprint density at radius 2 is 1.00 bits per heavy atom. The first-order chi connectivity index (χ1) is 9.43. The Kier molecular flexibility index (Phi) is 11.6. The molecule has 2 N–H and O–H groups in total. The molecule has 1 saturated carbocycles. The first kappa shape index (κ1) is 17.0. The van der Waals surface area contributed by atoms with Gasteiger partial charge in [-0.25, -0.2) is 0 Å². The number of unbranched alkanes of at least 4 members (excludes halogenated alkanes) is 1. The molecule has 1 fully saturated rings. The van der Waals surface area contributed by atoms with E-state index in [1.54, 1.807) is 0 Å². The zero-order valence-electron chi connectivity index (χ0n) is 13.2. The van der Waals surface area contributed by atoms with Crippen molar-refractivity contribution in [2.45, 2.75) is 103 Å². The molecule has 0 radical (unpaired) electrons. The first-order valence-corrected chi connectivity index (χ1v) is 9.13. The van der Waals surface area contributed by atoms with Crippen LogP contribution in [0.25, 0.3) is 0 Å². The van der Waals surface area contributed by atoms with Crippen molar-refractivity contribution in [3.05, 3.63) is 0 Å². The van der Waals surface area contributed by atoms with Gasteiger partial charge in [-0.3, -0.25) is 0 Å². The SMILES string of the molecule is NCCCCC1CCCCCCCCCCCCC1. The van der Waals surface area contributed by atoms with E-state index < -0.39 is 0 Å². The summed E-state index contributed by atoms with van der Waals surface area (Å²) in [5.74, 6) is 1.01. The second-order valence-electron chi connectivity index (χ2n) is 6.62. The summed E-state index contributed by atoms with van der Waals surface area (Å²) < 4.78 is 0.